The maximum atomic E-state index is 6.10. The highest BCUT2D eigenvalue weighted by Crippen LogP contribution is 2.39. The predicted molar refractivity (Wildman–Crippen MR) is 69.1 cm³/mol. The van der Waals surface area contributed by atoms with Crippen LogP contribution in [0.1, 0.15) is 39.5 Å². The molecular formula is C14H27NO2. The number of hydrogen-bond acceptors (Lipinski definition) is 3. The van der Waals surface area contributed by atoms with Crippen molar-refractivity contribution < 1.29 is 9.47 Å². The van der Waals surface area contributed by atoms with Crippen LogP contribution in [0, 0.1) is 11.8 Å². The normalized spacial score (nSPS) is 30.7. The number of ether oxygens (including phenoxy) is 2. The molecule has 2 aliphatic rings. The molecule has 0 aliphatic carbocycles. The molecule has 3 heteroatoms. The van der Waals surface area contributed by atoms with Crippen LogP contribution in [0.25, 0.3) is 0 Å². The van der Waals surface area contributed by atoms with Crippen LogP contribution >= 0.6 is 0 Å². The van der Waals surface area contributed by atoms with Gasteiger partial charge in [0.2, 0.25) is 0 Å². The van der Waals surface area contributed by atoms with Gasteiger partial charge in [0.05, 0.1) is 5.60 Å². The van der Waals surface area contributed by atoms with E-state index in [1.54, 1.807) is 0 Å². The second-order valence-electron chi connectivity index (χ2n) is 5.96. The van der Waals surface area contributed by atoms with Gasteiger partial charge in [0.1, 0.15) is 0 Å². The zero-order chi connectivity index (χ0) is 12.3. The van der Waals surface area contributed by atoms with Gasteiger partial charge in [0, 0.05) is 25.9 Å². The van der Waals surface area contributed by atoms with Crippen molar-refractivity contribution in [3.05, 3.63) is 0 Å². The summed E-state index contributed by atoms with van der Waals surface area (Å²) in [5.41, 5.74) is 0.130. The van der Waals surface area contributed by atoms with Gasteiger partial charge in [-0.15, -0.1) is 0 Å². The Hall–Kier alpha value is -0.120. The van der Waals surface area contributed by atoms with Gasteiger partial charge in [0.25, 0.3) is 0 Å². The molecule has 2 aliphatic heterocycles. The molecule has 0 bridgehead atoms. The van der Waals surface area contributed by atoms with Gasteiger partial charge in [-0.3, -0.25) is 0 Å². The molecule has 0 amide bonds. The maximum absolute atomic E-state index is 6.10. The fourth-order valence-electron chi connectivity index (χ4n) is 3.58. The lowest BCUT2D eigenvalue weighted by molar-refractivity contribution is -0.151. The first-order chi connectivity index (χ1) is 8.17. The summed E-state index contributed by atoms with van der Waals surface area (Å²) in [6.07, 6.45) is 4.57. The van der Waals surface area contributed by atoms with Gasteiger partial charge < -0.3 is 14.8 Å². The summed E-state index contributed by atoms with van der Waals surface area (Å²) in [7, 11) is 2.09. The highest BCUT2D eigenvalue weighted by Gasteiger charge is 2.41. The number of rotatable bonds is 3. The van der Waals surface area contributed by atoms with Gasteiger partial charge in [-0.25, -0.2) is 0 Å². The third-order valence-electron chi connectivity index (χ3n) is 4.49. The van der Waals surface area contributed by atoms with E-state index in [1.807, 2.05) is 0 Å². The number of hydrogen-bond donors (Lipinski definition) is 1. The first-order valence-corrected chi connectivity index (χ1v) is 7.06. The van der Waals surface area contributed by atoms with E-state index < -0.39 is 0 Å². The van der Waals surface area contributed by atoms with Gasteiger partial charge in [-0.1, -0.05) is 13.8 Å². The molecule has 0 aromatic heterocycles. The lowest BCUT2D eigenvalue weighted by Crippen LogP contribution is -2.50. The molecule has 0 aromatic rings. The van der Waals surface area contributed by atoms with Gasteiger partial charge in [-0.2, -0.15) is 0 Å². The van der Waals surface area contributed by atoms with Crippen LogP contribution in [-0.2, 0) is 9.47 Å². The molecule has 3 nitrogen and oxygen atoms in total. The third kappa shape index (κ3) is 3.01. The Kier molecular flexibility index (Phi) is 4.45. The SMILES string of the molecule is CNC(C(C)C)C1CCOC2(CCOCC2)C1. The minimum absolute atomic E-state index is 0.130. The van der Waals surface area contributed by atoms with E-state index in [-0.39, 0.29) is 5.60 Å². The largest absolute Gasteiger partial charge is 0.381 e. The van der Waals surface area contributed by atoms with E-state index in [2.05, 4.69) is 26.2 Å². The summed E-state index contributed by atoms with van der Waals surface area (Å²) >= 11 is 0. The Morgan fingerprint density at radius 3 is 2.47 bits per heavy atom. The molecule has 0 aromatic carbocycles. The van der Waals surface area contributed by atoms with E-state index in [1.165, 1.54) is 12.8 Å². The Labute approximate surface area is 105 Å². The van der Waals surface area contributed by atoms with Crippen LogP contribution in [-0.4, -0.2) is 38.5 Å². The molecular weight excluding hydrogens is 214 g/mol. The van der Waals surface area contributed by atoms with Crippen molar-refractivity contribution in [1.29, 1.82) is 0 Å². The van der Waals surface area contributed by atoms with Crippen molar-refractivity contribution in [1.82, 2.24) is 5.32 Å². The van der Waals surface area contributed by atoms with Gasteiger partial charge in [-0.05, 0) is 44.6 Å². The summed E-state index contributed by atoms with van der Waals surface area (Å²) in [6.45, 7) is 7.30. The van der Waals surface area contributed by atoms with Crippen molar-refractivity contribution in [2.24, 2.45) is 11.8 Å². The van der Waals surface area contributed by atoms with Crippen LogP contribution in [0.4, 0.5) is 0 Å². The molecule has 2 rings (SSSR count). The zero-order valence-corrected chi connectivity index (χ0v) is 11.5. The topological polar surface area (TPSA) is 30.5 Å². The summed E-state index contributed by atoms with van der Waals surface area (Å²) in [5.74, 6) is 1.45. The Bertz CT molecular complexity index is 231. The molecule has 2 fully saturated rings. The van der Waals surface area contributed by atoms with Crippen molar-refractivity contribution in [3.8, 4) is 0 Å². The van der Waals surface area contributed by atoms with E-state index in [0.717, 1.165) is 38.6 Å². The Balaban J connectivity index is 2.00. The molecule has 1 N–H and O–H groups in total. The average molecular weight is 241 g/mol. The maximum Gasteiger partial charge on any atom is 0.0729 e. The fraction of sp³-hybridized carbons (Fsp3) is 1.00. The molecule has 2 unspecified atom stereocenters. The second-order valence-corrected chi connectivity index (χ2v) is 5.96. The van der Waals surface area contributed by atoms with E-state index in [4.69, 9.17) is 9.47 Å². The minimum Gasteiger partial charge on any atom is -0.381 e. The Morgan fingerprint density at radius 1 is 1.18 bits per heavy atom. The highest BCUT2D eigenvalue weighted by atomic mass is 16.5. The quantitative estimate of drug-likeness (QED) is 0.822. The molecule has 0 radical (unpaired) electrons. The lowest BCUT2D eigenvalue weighted by Gasteiger charge is -2.46. The van der Waals surface area contributed by atoms with Crippen LogP contribution < -0.4 is 5.32 Å². The first kappa shape index (κ1) is 13.3. The van der Waals surface area contributed by atoms with Crippen LogP contribution in [0.2, 0.25) is 0 Å². The van der Waals surface area contributed by atoms with Crippen LogP contribution in [0.3, 0.4) is 0 Å². The highest BCUT2D eigenvalue weighted by molar-refractivity contribution is 4.93. The van der Waals surface area contributed by atoms with E-state index in [9.17, 15) is 0 Å². The molecule has 17 heavy (non-hydrogen) atoms. The van der Waals surface area contributed by atoms with Gasteiger partial charge >= 0.3 is 0 Å². The monoisotopic (exact) mass is 241 g/mol. The zero-order valence-electron chi connectivity index (χ0n) is 11.5. The third-order valence-corrected chi connectivity index (χ3v) is 4.49. The Morgan fingerprint density at radius 2 is 1.88 bits per heavy atom. The summed E-state index contributed by atoms with van der Waals surface area (Å²) < 4.78 is 11.6. The summed E-state index contributed by atoms with van der Waals surface area (Å²) in [6, 6.07) is 0.624. The average Bonchev–Trinajstić information content (AvgIpc) is 2.30. The molecule has 2 atom stereocenters. The summed E-state index contributed by atoms with van der Waals surface area (Å²) in [4.78, 5) is 0. The van der Waals surface area contributed by atoms with E-state index in [0.29, 0.717) is 12.0 Å². The second kappa shape index (κ2) is 5.68. The smallest absolute Gasteiger partial charge is 0.0729 e. The molecule has 0 saturated carbocycles. The summed E-state index contributed by atoms with van der Waals surface area (Å²) in [5, 5.41) is 3.51. The van der Waals surface area contributed by atoms with Crippen molar-refractivity contribution in [2.75, 3.05) is 26.9 Å². The molecule has 2 saturated heterocycles. The molecule has 2 heterocycles. The minimum atomic E-state index is 0.130. The van der Waals surface area contributed by atoms with Crippen LogP contribution in [0.5, 0.6) is 0 Å². The van der Waals surface area contributed by atoms with E-state index >= 15 is 0 Å². The van der Waals surface area contributed by atoms with Crippen molar-refractivity contribution in [2.45, 2.75) is 51.2 Å². The predicted octanol–water partition coefficient (Wildman–Crippen LogP) is 2.21. The lowest BCUT2D eigenvalue weighted by atomic mass is 9.75. The van der Waals surface area contributed by atoms with Gasteiger partial charge in [0.15, 0.2) is 0 Å². The van der Waals surface area contributed by atoms with Crippen LogP contribution in [0.15, 0.2) is 0 Å². The first-order valence-electron chi connectivity index (χ1n) is 7.06. The van der Waals surface area contributed by atoms with Crippen molar-refractivity contribution in [3.63, 3.8) is 0 Å². The molecule has 1 spiro atoms. The number of nitrogens with one attached hydrogen (secondary N) is 1. The molecule has 100 valence electrons. The van der Waals surface area contributed by atoms with Crippen molar-refractivity contribution >= 4 is 0 Å². The fourth-order valence-corrected chi connectivity index (χ4v) is 3.58. The standard InChI is InChI=1S/C14H27NO2/c1-11(2)13(15-3)12-4-7-17-14(10-12)5-8-16-9-6-14/h11-13,15H,4-10H2,1-3H3.